The Hall–Kier alpha value is -1.94. The maximum Gasteiger partial charge on any atom is 0.129 e. The van der Waals surface area contributed by atoms with E-state index in [1.165, 1.54) is 18.2 Å². The first-order valence-corrected chi connectivity index (χ1v) is 6.49. The summed E-state index contributed by atoms with van der Waals surface area (Å²) in [5, 5.41) is 2.98. The highest BCUT2D eigenvalue weighted by Crippen LogP contribution is 2.23. The third-order valence-corrected chi connectivity index (χ3v) is 3.19. The average Bonchev–Trinajstić information content (AvgIpc) is 2.43. The molecule has 0 spiro atoms. The second-order valence-electron chi connectivity index (χ2n) is 4.75. The number of hydrogen-bond donors (Lipinski definition) is 1. The first-order chi connectivity index (χ1) is 9.61. The van der Waals surface area contributed by atoms with E-state index in [-0.39, 0.29) is 11.6 Å². The smallest absolute Gasteiger partial charge is 0.129 e. The molecule has 0 amide bonds. The molecule has 0 radical (unpaired) electrons. The quantitative estimate of drug-likeness (QED) is 0.901. The van der Waals surface area contributed by atoms with Crippen molar-refractivity contribution >= 4 is 5.69 Å². The van der Waals surface area contributed by atoms with Gasteiger partial charge in [0.05, 0.1) is 0 Å². The molecule has 0 aromatic heterocycles. The van der Waals surface area contributed by atoms with Crippen LogP contribution in [0, 0.1) is 11.6 Å². The Morgan fingerprint density at radius 3 is 2.40 bits per heavy atom. The van der Waals surface area contributed by atoms with E-state index < -0.39 is 0 Å². The topological polar surface area (TPSA) is 15.3 Å². The first kappa shape index (κ1) is 14.5. The lowest BCUT2D eigenvalue weighted by atomic mass is 10.1. The number of benzene rings is 2. The van der Waals surface area contributed by atoms with Gasteiger partial charge in [-0.2, -0.15) is 0 Å². The number of halogens is 2. The molecule has 0 atom stereocenters. The molecule has 0 bridgehead atoms. The normalized spacial score (nSPS) is 10.6. The Labute approximate surface area is 118 Å². The van der Waals surface area contributed by atoms with Gasteiger partial charge in [-0.1, -0.05) is 18.2 Å². The minimum atomic E-state index is -0.252. The summed E-state index contributed by atoms with van der Waals surface area (Å²) in [6.07, 6.45) is 0. The summed E-state index contributed by atoms with van der Waals surface area (Å²) in [6.45, 7) is 1.07. The van der Waals surface area contributed by atoms with Crippen molar-refractivity contribution < 1.29 is 8.78 Å². The Kier molecular flexibility index (Phi) is 4.69. The summed E-state index contributed by atoms with van der Waals surface area (Å²) < 4.78 is 26.8. The minimum Gasteiger partial charge on any atom is -0.370 e. The molecule has 0 saturated heterocycles. The third kappa shape index (κ3) is 3.33. The van der Waals surface area contributed by atoms with Crippen LogP contribution in [-0.4, -0.2) is 14.1 Å². The lowest BCUT2D eigenvalue weighted by Gasteiger charge is -2.23. The van der Waals surface area contributed by atoms with Gasteiger partial charge >= 0.3 is 0 Å². The second-order valence-corrected chi connectivity index (χ2v) is 4.75. The summed E-state index contributed by atoms with van der Waals surface area (Å²) in [6, 6.07) is 11.4. The van der Waals surface area contributed by atoms with Crippen molar-refractivity contribution in [2.75, 3.05) is 19.0 Å². The van der Waals surface area contributed by atoms with Gasteiger partial charge in [0.1, 0.15) is 11.6 Å². The fourth-order valence-electron chi connectivity index (χ4n) is 2.21. The van der Waals surface area contributed by atoms with E-state index in [4.69, 9.17) is 0 Å². The molecule has 0 aliphatic carbocycles. The molecule has 2 nitrogen and oxygen atoms in total. The molecule has 2 aromatic rings. The van der Waals surface area contributed by atoms with Crippen LogP contribution in [-0.2, 0) is 13.1 Å². The minimum absolute atomic E-state index is 0.220. The number of rotatable bonds is 5. The van der Waals surface area contributed by atoms with Gasteiger partial charge in [0, 0.05) is 31.4 Å². The molecule has 4 heteroatoms. The van der Waals surface area contributed by atoms with Crippen LogP contribution in [0.2, 0.25) is 0 Å². The predicted molar refractivity (Wildman–Crippen MR) is 77.7 cm³/mol. The summed E-state index contributed by atoms with van der Waals surface area (Å²) in [4.78, 5) is 1.96. The van der Waals surface area contributed by atoms with Gasteiger partial charge in [-0.3, -0.25) is 0 Å². The van der Waals surface area contributed by atoms with Crippen molar-refractivity contribution in [3.63, 3.8) is 0 Å². The molecular formula is C16H18F2N2. The molecule has 0 aliphatic heterocycles. The molecule has 0 fully saturated rings. The van der Waals surface area contributed by atoms with E-state index in [0.717, 1.165) is 11.3 Å². The maximum atomic E-state index is 13.9. The van der Waals surface area contributed by atoms with Crippen molar-refractivity contribution in [2.45, 2.75) is 13.1 Å². The van der Waals surface area contributed by atoms with Crippen molar-refractivity contribution in [1.29, 1.82) is 0 Å². The highest BCUT2D eigenvalue weighted by molar-refractivity contribution is 5.54. The molecule has 20 heavy (non-hydrogen) atoms. The van der Waals surface area contributed by atoms with Crippen molar-refractivity contribution in [1.82, 2.24) is 5.32 Å². The van der Waals surface area contributed by atoms with E-state index in [9.17, 15) is 8.78 Å². The Morgan fingerprint density at radius 2 is 1.75 bits per heavy atom. The largest absolute Gasteiger partial charge is 0.370 e. The highest BCUT2D eigenvalue weighted by atomic mass is 19.1. The van der Waals surface area contributed by atoms with Crippen LogP contribution in [0.15, 0.2) is 42.5 Å². The number of nitrogens with one attached hydrogen (secondary N) is 1. The van der Waals surface area contributed by atoms with Crippen LogP contribution in [0.4, 0.5) is 14.5 Å². The Balaban J connectivity index is 2.22. The first-order valence-electron chi connectivity index (χ1n) is 6.49. The molecule has 106 valence electrons. The van der Waals surface area contributed by atoms with Crippen molar-refractivity contribution in [2.24, 2.45) is 0 Å². The monoisotopic (exact) mass is 276 g/mol. The zero-order valence-corrected chi connectivity index (χ0v) is 11.7. The highest BCUT2D eigenvalue weighted by Gasteiger charge is 2.11. The van der Waals surface area contributed by atoms with Gasteiger partial charge in [0.2, 0.25) is 0 Å². The summed E-state index contributed by atoms with van der Waals surface area (Å²) in [5.41, 5.74) is 2.46. The van der Waals surface area contributed by atoms with E-state index in [0.29, 0.717) is 18.7 Å². The van der Waals surface area contributed by atoms with Crippen LogP contribution < -0.4 is 10.2 Å². The van der Waals surface area contributed by atoms with Crippen LogP contribution in [0.5, 0.6) is 0 Å². The molecule has 0 heterocycles. The van der Waals surface area contributed by atoms with Gasteiger partial charge in [0.25, 0.3) is 0 Å². The molecule has 0 saturated carbocycles. The Bertz CT molecular complexity index is 567. The number of nitrogens with zero attached hydrogens (tertiary/aromatic N) is 1. The van der Waals surface area contributed by atoms with Gasteiger partial charge < -0.3 is 10.2 Å². The van der Waals surface area contributed by atoms with Gasteiger partial charge in [0.15, 0.2) is 0 Å². The fourth-order valence-corrected chi connectivity index (χ4v) is 2.21. The molecule has 0 aliphatic rings. The lowest BCUT2D eigenvalue weighted by molar-refractivity contribution is 0.599. The predicted octanol–water partition coefficient (Wildman–Crippen LogP) is 3.32. The summed E-state index contributed by atoms with van der Waals surface area (Å²) in [5.74, 6) is -0.471. The molecular weight excluding hydrogens is 258 g/mol. The maximum absolute atomic E-state index is 13.9. The van der Waals surface area contributed by atoms with Crippen molar-refractivity contribution in [3.8, 4) is 0 Å². The Morgan fingerprint density at radius 1 is 1.05 bits per heavy atom. The molecule has 0 unspecified atom stereocenters. The zero-order chi connectivity index (χ0) is 14.5. The third-order valence-electron chi connectivity index (χ3n) is 3.19. The van der Waals surface area contributed by atoms with Crippen LogP contribution in [0.25, 0.3) is 0 Å². The van der Waals surface area contributed by atoms with E-state index in [1.54, 1.807) is 25.2 Å². The van der Waals surface area contributed by atoms with Crippen LogP contribution >= 0.6 is 0 Å². The summed E-state index contributed by atoms with van der Waals surface area (Å²) in [7, 11) is 3.69. The average molecular weight is 276 g/mol. The molecule has 1 N–H and O–H groups in total. The van der Waals surface area contributed by atoms with Gasteiger partial charge in [-0.15, -0.1) is 0 Å². The standard InChI is InChI=1S/C16H18F2N2/c1-19-10-14-15(18)4-3-5-16(14)20(2)11-12-6-8-13(17)9-7-12/h3-9,19H,10-11H2,1-2H3. The van der Waals surface area contributed by atoms with Crippen LogP contribution in [0.3, 0.4) is 0 Å². The second kappa shape index (κ2) is 6.48. The number of anilines is 1. The summed E-state index contributed by atoms with van der Waals surface area (Å²) >= 11 is 0. The van der Waals surface area contributed by atoms with E-state index in [1.807, 2.05) is 18.0 Å². The molecule has 2 aromatic carbocycles. The fraction of sp³-hybridized carbons (Fsp3) is 0.250. The van der Waals surface area contributed by atoms with E-state index in [2.05, 4.69) is 5.32 Å². The van der Waals surface area contributed by atoms with E-state index >= 15 is 0 Å². The van der Waals surface area contributed by atoms with Gasteiger partial charge in [-0.05, 0) is 36.9 Å². The SMILES string of the molecule is CNCc1c(F)cccc1N(C)Cc1ccc(F)cc1. The number of hydrogen-bond acceptors (Lipinski definition) is 2. The van der Waals surface area contributed by atoms with Crippen molar-refractivity contribution in [3.05, 3.63) is 65.2 Å². The molecule has 2 rings (SSSR count). The lowest BCUT2D eigenvalue weighted by Crippen LogP contribution is -2.20. The zero-order valence-electron chi connectivity index (χ0n) is 11.7. The van der Waals surface area contributed by atoms with Crippen LogP contribution in [0.1, 0.15) is 11.1 Å². The van der Waals surface area contributed by atoms with Gasteiger partial charge in [-0.25, -0.2) is 8.78 Å².